The van der Waals surface area contributed by atoms with E-state index in [-0.39, 0.29) is 13.0 Å². The molecule has 0 aliphatic carbocycles. The van der Waals surface area contributed by atoms with Crippen LogP contribution in [0.1, 0.15) is 26.2 Å². The highest BCUT2D eigenvalue weighted by molar-refractivity contribution is 5.82. The van der Waals surface area contributed by atoms with Crippen molar-refractivity contribution in [3.63, 3.8) is 0 Å². The quantitative estimate of drug-likeness (QED) is 0.506. The molecule has 110 valence electrons. The zero-order valence-corrected chi connectivity index (χ0v) is 11.3. The average Bonchev–Trinajstić information content (AvgIpc) is 2.83. The van der Waals surface area contributed by atoms with E-state index in [0.717, 1.165) is 25.9 Å². The molecule has 0 aromatic rings. The van der Waals surface area contributed by atoms with Crippen LogP contribution in [-0.4, -0.2) is 65.4 Å². The zero-order valence-electron chi connectivity index (χ0n) is 11.3. The molecule has 1 heterocycles. The number of likely N-dealkylation sites (tertiary alicyclic amines) is 1. The number of aliphatic hydroxyl groups excluding tert-OH is 1. The summed E-state index contributed by atoms with van der Waals surface area (Å²) in [6.45, 7) is 4.33. The molecule has 1 saturated heterocycles. The van der Waals surface area contributed by atoms with Crippen molar-refractivity contribution in [2.75, 3.05) is 26.2 Å². The lowest BCUT2D eigenvalue weighted by molar-refractivity contribution is -0.139. The van der Waals surface area contributed by atoms with Crippen molar-refractivity contribution in [3.05, 3.63) is 0 Å². The normalized spacial score (nSPS) is 21.1. The fourth-order valence-corrected chi connectivity index (χ4v) is 2.35. The highest BCUT2D eigenvalue weighted by atomic mass is 16.4. The first-order chi connectivity index (χ1) is 9.08. The van der Waals surface area contributed by atoms with Crippen molar-refractivity contribution in [2.24, 2.45) is 0 Å². The Hall–Kier alpha value is -1.34. The summed E-state index contributed by atoms with van der Waals surface area (Å²) in [5.74, 6) is -1.14. The van der Waals surface area contributed by atoms with Gasteiger partial charge in [0.25, 0.3) is 0 Å². The fourth-order valence-electron chi connectivity index (χ4n) is 2.35. The van der Waals surface area contributed by atoms with E-state index in [1.54, 1.807) is 0 Å². The molecule has 1 aliphatic rings. The maximum absolute atomic E-state index is 11.6. The predicted molar refractivity (Wildman–Crippen MR) is 69.9 cm³/mol. The van der Waals surface area contributed by atoms with Gasteiger partial charge in [0.2, 0.25) is 0 Å². The number of hydrogen-bond acceptors (Lipinski definition) is 4. The highest BCUT2D eigenvalue weighted by Gasteiger charge is 2.24. The van der Waals surface area contributed by atoms with Crippen LogP contribution in [0, 0.1) is 0 Å². The van der Waals surface area contributed by atoms with Crippen molar-refractivity contribution in [3.8, 4) is 0 Å². The number of aliphatic hydroxyl groups is 1. The van der Waals surface area contributed by atoms with Gasteiger partial charge in [-0.3, -0.25) is 4.90 Å². The Balaban J connectivity index is 2.32. The summed E-state index contributed by atoms with van der Waals surface area (Å²) in [5.41, 5.74) is 0. The van der Waals surface area contributed by atoms with E-state index in [0.29, 0.717) is 12.6 Å². The van der Waals surface area contributed by atoms with Gasteiger partial charge in [0, 0.05) is 25.6 Å². The van der Waals surface area contributed by atoms with Crippen molar-refractivity contribution in [1.29, 1.82) is 0 Å². The Morgan fingerprint density at radius 1 is 1.47 bits per heavy atom. The maximum atomic E-state index is 11.6. The number of rotatable bonds is 7. The second kappa shape index (κ2) is 7.96. The summed E-state index contributed by atoms with van der Waals surface area (Å²) in [7, 11) is 0. The molecule has 4 N–H and O–H groups in total. The van der Waals surface area contributed by atoms with Crippen LogP contribution in [0.15, 0.2) is 0 Å². The highest BCUT2D eigenvalue weighted by Crippen LogP contribution is 2.15. The first-order valence-corrected chi connectivity index (χ1v) is 6.70. The average molecular weight is 273 g/mol. The lowest BCUT2D eigenvalue weighted by Gasteiger charge is -2.23. The Morgan fingerprint density at radius 2 is 2.21 bits per heavy atom. The van der Waals surface area contributed by atoms with E-state index in [2.05, 4.69) is 22.5 Å². The minimum atomic E-state index is -1.14. The third kappa shape index (κ3) is 5.04. The Kier molecular flexibility index (Phi) is 6.58. The first kappa shape index (κ1) is 15.7. The van der Waals surface area contributed by atoms with Gasteiger partial charge in [-0.2, -0.15) is 0 Å². The van der Waals surface area contributed by atoms with E-state index in [1.807, 2.05) is 0 Å². The minimum absolute atomic E-state index is 0.00721. The molecule has 19 heavy (non-hydrogen) atoms. The number of nitrogens with one attached hydrogen (secondary N) is 2. The van der Waals surface area contributed by atoms with Gasteiger partial charge in [-0.25, -0.2) is 9.59 Å². The first-order valence-electron chi connectivity index (χ1n) is 6.70. The number of likely N-dealkylation sites (N-methyl/N-ethyl adjacent to an activating group) is 1. The minimum Gasteiger partial charge on any atom is -0.480 e. The Bertz CT molecular complexity index is 311. The molecule has 7 nitrogen and oxygen atoms in total. The maximum Gasteiger partial charge on any atom is 0.326 e. The molecule has 0 spiro atoms. The number of carboxylic acid groups (broad SMARTS) is 1. The van der Waals surface area contributed by atoms with Crippen LogP contribution in [0.2, 0.25) is 0 Å². The monoisotopic (exact) mass is 273 g/mol. The van der Waals surface area contributed by atoms with Gasteiger partial charge in [-0.15, -0.1) is 0 Å². The van der Waals surface area contributed by atoms with Gasteiger partial charge in [0.05, 0.1) is 0 Å². The third-order valence-electron chi connectivity index (χ3n) is 3.42. The van der Waals surface area contributed by atoms with Gasteiger partial charge >= 0.3 is 12.0 Å². The summed E-state index contributed by atoms with van der Waals surface area (Å²) < 4.78 is 0. The standard InChI is InChI=1S/C12H23N3O4/c1-2-15-6-3-4-9(15)8-13-12(19)14-10(5-7-16)11(17)18/h9-10,16H,2-8H2,1H3,(H,17,18)(H2,13,14,19). The van der Waals surface area contributed by atoms with Gasteiger partial charge < -0.3 is 20.8 Å². The van der Waals surface area contributed by atoms with Crippen molar-refractivity contribution >= 4 is 12.0 Å². The Morgan fingerprint density at radius 3 is 2.79 bits per heavy atom. The number of carbonyl (C=O) groups is 2. The van der Waals surface area contributed by atoms with Crippen LogP contribution >= 0.6 is 0 Å². The van der Waals surface area contributed by atoms with E-state index in [1.165, 1.54) is 0 Å². The van der Waals surface area contributed by atoms with E-state index >= 15 is 0 Å². The lowest BCUT2D eigenvalue weighted by Crippen LogP contribution is -2.49. The van der Waals surface area contributed by atoms with Crippen LogP contribution in [0.3, 0.4) is 0 Å². The van der Waals surface area contributed by atoms with Crippen LogP contribution in [0.5, 0.6) is 0 Å². The summed E-state index contributed by atoms with van der Waals surface area (Å²) in [6.07, 6.45) is 2.18. The molecule has 0 saturated carbocycles. The Labute approximate surface area is 113 Å². The van der Waals surface area contributed by atoms with Crippen LogP contribution in [0.25, 0.3) is 0 Å². The van der Waals surface area contributed by atoms with Gasteiger partial charge in [0.1, 0.15) is 6.04 Å². The van der Waals surface area contributed by atoms with Crippen molar-refractivity contribution in [1.82, 2.24) is 15.5 Å². The summed E-state index contributed by atoms with van der Waals surface area (Å²) >= 11 is 0. The number of aliphatic carboxylic acids is 1. The fraction of sp³-hybridized carbons (Fsp3) is 0.833. The topological polar surface area (TPSA) is 102 Å². The summed E-state index contributed by atoms with van der Waals surface area (Å²) in [4.78, 5) is 24.7. The number of hydrogen-bond donors (Lipinski definition) is 4. The molecule has 1 rings (SSSR count). The second-order valence-corrected chi connectivity index (χ2v) is 4.68. The van der Waals surface area contributed by atoms with Crippen molar-refractivity contribution in [2.45, 2.75) is 38.3 Å². The number of urea groups is 1. The van der Waals surface area contributed by atoms with E-state index in [4.69, 9.17) is 10.2 Å². The predicted octanol–water partition coefficient (Wildman–Crippen LogP) is -0.394. The molecule has 1 fully saturated rings. The second-order valence-electron chi connectivity index (χ2n) is 4.68. The molecule has 0 bridgehead atoms. The summed E-state index contributed by atoms with van der Waals surface area (Å²) in [5, 5.41) is 22.6. The van der Waals surface area contributed by atoms with E-state index < -0.39 is 18.0 Å². The molecule has 1 aliphatic heterocycles. The van der Waals surface area contributed by atoms with Crippen LogP contribution in [0.4, 0.5) is 4.79 Å². The molecule has 2 atom stereocenters. The van der Waals surface area contributed by atoms with Gasteiger partial charge in [-0.1, -0.05) is 6.92 Å². The molecule has 0 aromatic heterocycles. The lowest BCUT2D eigenvalue weighted by atomic mass is 10.2. The zero-order chi connectivity index (χ0) is 14.3. The van der Waals surface area contributed by atoms with Crippen LogP contribution in [-0.2, 0) is 4.79 Å². The molecular formula is C12H23N3O4. The number of nitrogens with zero attached hydrogens (tertiary/aromatic N) is 1. The van der Waals surface area contributed by atoms with E-state index in [9.17, 15) is 9.59 Å². The van der Waals surface area contributed by atoms with Crippen molar-refractivity contribution < 1.29 is 19.8 Å². The molecule has 0 radical (unpaired) electrons. The molecule has 7 heteroatoms. The largest absolute Gasteiger partial charge is 0.480 e. The SMILES string of the molecule is CCN1CCCC1CNC(=O)NC(CCO)C(=O)O. The number of carbonyl (C=O) groups excluding carboxylic acids is 1. The summed E-state index contributed by atoms with van der Waals surface area (Å²) in [6, 6.07) is -1.21. The number of amides is 2. The third-order valence-corrected chi connectivity index (χ3v) is 3.42. The van der Waals surface area contributed by atoms with Crippen LogP contribution < -0.4 is 10.6 Å². The smallest absolute Gasteiger partial charge is 0.326 e. The molecular weight excluding hydrogens is 250 g/mol. The molecule has 2 amide bonds. The van der Waals surface area contributed by atoms with Gasteiger partial charge in [0.15, 0.2) is 0 Å². The molecule has 2 unspecified atom stereocenters. The molecule has 0 aromatic carbocycles. The number of carboxylic acids is 1. The van der Waals surface area contributed by atoms with Gasteiger partial charge in [-0.05, 0) is 25.9 Å².